The van der Waals surface area contributed by atoms with Gasteiger partial charge < -0.3 is 25.8 Å². The molecule has 29 heavy (non-hydrogen) atoms. The van der Waals surface area contributed by atoms with Gasteiger partial charge in [-0.25, -0.2) is 0 Å². The number of aliphatic hydroxyl groups is 1. The van der Waals surface area contributed by atoms with Crippen molar-refractivity contribution in [3.63, 3.8) is 0 Å². The van der Waals surface area contributed by atoms with Crippen LogP contribution in [0, 0.1) is 6.92 Å². The summed E-state index contributed by atoms with van der Waals surface area (Å²) >= 11 is 0. The number of anilines is 2. The van der Waals surface area contributed by atoms with Crippen molar-refractivity contribution in [2.75, 3.05) is 30.4 Å². The van der Waals surface area contributed by atoms with Crippen LogP contribution in [0.15, 0.2) is 48.5 Å². The lowest BCUT2D eigenvalue weighted by atomic mass is 10.1. The summed E-state index contributed by atoms with van der Waals surface area (Å²) in [7, 11) is 0. The first-order valence-electron chi connectivity index (χ1n) is 9.15. The number of hydrogen-bond acceptors (Lipinski definition) is 5. The molecule has 3 amide bonds. The number of carbonyl (C=O) groups is 3. The Balaban J connectivity index is 1.91. The molecule has 1 atom stereocenters. The molecule has 2 aromatic carbocycles. The molecule has 0 saturated carbocycles. The Bertz CT molecular complexity index is 834. The summed E-state index contributed by atoms with van der Waals surface area (Å²) in [5, 5.41) is 16.7. The molecule has 2 aromatic rings. The van der Waals surface area contributed by atoms with Gasteiger partial charge in [0.25, 0.3) is 0 Å². The van der Waals surface area contributed by atoms with Crippen molar-refractivity contribution in [2.45, 2.75) is 20.0 Å². The van der Waals surface area contributed by atoms with Crippen LogP contribution in [0.3, 0.4) is 0 Å². The van der Waals surface area contributed by atoms with Crippen LogP contribution >= 0.6 is 0 Å². The fourth-order valence-electron chi connectivity index (χ4n) is 2.54. The van der Waals surface area contributed by atoms with E-state index < -0.39 is 17.9 Å². The van der Waals surface area contributed by atoms with Gasteiger partial charge in [-0.2, -0.15) is 0 Å². The van der Waals surface area contributed by atoms with Gasteiger partial charge in [0.05, 0.1) is 19.3 Å². The normalized spacial score (nSPS) is 11.4. The molecular weight excluding hydrogens is 374 g/mol. The number of nitrogens with one attached hydrogen (secondary N) is 3. The van der Waals surface area contributed by atoms with Crippen LogP contribution in [0.1, 0.15) is 24.2 Å². The minimum Gasteiger partial charge on any atom is -0.394 e. The highest BCUT2D eigenvalue weighted by Crippen LogP contribution is 2.17. The van der Waals surface area contributed by atoms with E-state index in [4.69, 9.17) is 9.84 Å². The molecule has 8 nitrogen and oxygen atoms in total. The monoisotopic (exact) mass is 399 g/mol. The minimum atomic E-state index is -0.818. The van der Waals surface area contributed by atoms with E-state index in [0.717, 1.165) is 11.1 Å². The minimum absolute atomic E-state index is 0.0801. The molecule has 0 aliphatic rings. The fourth-order valence-corrected chi connectivity index (χ4v) is 2.54. The summed E-state index contributed by atoms with van der Waals surface area (Å²) in [6.45, 7) is 3.40. The summed E-state index contributed by atoms with van der Waals surface area (Å²) in [6, 6.07) is 14.0. The van der Waals surface area contributed by atoms with Crippen molar-refractivity contribution >= 4 is 29.1 Å². The summed E-state index contributed by atoms with van der Waals surface area (Å²) in [5.41, 5.74) is 2.92. The Hall–Kier alpha value is -3.23. The van der Waals surface area contributed by atoms with Gasteiger partial charge in [0.1, 0.15) is 0 Å². The van der Waals surface area contributed by atoms with Gasteiger partial charge in [0.2, 0.25) is 5.91 Å². The Kier molecular flexibility index (Phi) is 8.32. The number of carbonyl (C=O) groups excluding carboxylic acids is 3. The molecule has 0 aliphatic carbocycles. The van der Waals surface area contributed by atoms with Crippen LogP contribution in [0.4, 0.5) is 11.4 Å². The number of rotatable bonds is 8. The number of amides is 3. The average Bonchev–Trinajstić information content (AvgIpc) is 2.69. The van der Waals surface area contributed by atoms with Gasteiger partial charge >= 0.3 is 11.8 Å². The van der Waals surface area contributed by atoms with Gasteiger partial charge in [0, 0.05) is 24.8 Å². The van der Waals surface area contributed by atoms with E-state index in [1.165, 1.54) is 6.92 Å². The number of ether oxygens (including phenoxy) is 1. The molecule has 0 aliphatic heterocycles. The predicted octanol–water partition coefficient (Wildman–Crippen LogP) is 1.76. The highest BCUT2D eigenvalue weighted by atomic mass is 16.5. The van der Waals surface area contributed by atoms with Crippen LogP contribution < -0.4 is 16.0 Å². The zero-order valence-electron chi connectivity index (χ0n) is 16.4. The molecule has 8 heteroatoms. The molecule has 0 saturated heterocycles. The second-order valence-electron chi connectivity index (χ2n) is 6.42. The third-order valence-electron chi connectivity index (χ3n) is 3.98. The largest absolute Gasteiger partial charge is 0.394 e. The second kappa shape index (κ2) is 10.9. The van der Waals surface area contributed by atoms with Gasteiger partial charge in [-0.3, -0.25) is 14.4 Å². The molecule has 0 bridgehead atoms. The van der Waals surface area contributed by atoms with Crippen LogP contribution in [-0.2, 0) is 19.1 Å². The molecule has 154 valence electrons. The summed E-state index contributed by atoms with van der Waals surface area (Å²) in [4.78, 5) is 35.3. The smallest absolute Gasteiger partial charge is 0.313 e. The number of benzene rings is 2. The molecule has 0 fully saturated rings. The third-order valence-corrected chi connectivity index (χ3v) is 3.98. The van der Waals surface area contributed by atoms with E-state index in [9.17, 15) is 14.4 Å². The maximum Gasteiger partial charge on any atom is 0.313 e. The van der Waals surface area contributed by atoms with Crippen molar-refractivity contribution in [1.29, 1.82) is 0 Å². The molecule has 1 unspecified atom stereocenters. The standard InChI is InChI=1S/C21H25N3O5/c1-14-3-5-16(6-4-14)19(29-12-11-25)13-22-20(27)21(28)24-18-9-7-17(8-10-18)23-15(2)26/h3-10,19,25H,11-13H2,1-2H3,(H,22,27)(H,23,26)(H,24,28). The Morgan fingerprint density at radius 1 is 0.931 bits per heavy atom. The van der Waals surface area contributed by atoms with Crippen LogP contribution in [0.25, 0.3) is 0 Å². The second-order valence-corrected chi connectivity index (χ2v) is 6.42. The lowest BCUT2D eigenvalue weighted by molar-refractivity contribution is -0.136. The highest BCUT2D eigenvalue weighted by Gasteiger charge is 2.18. The highest BCUT2D eigenvalue weighted by molar-refractivity contribution is 6.39. The van der Waals surface area contributed by atoms with Crippen LogP contribution in [0.2, 0.25) is 0 Å². The van der Waals surface area contributed by atoms with E-state index in [1.54, 1.807) is 24.3 Å². The van der Waals surface area contributed by atoms with Gasteiger partial charge in [-0.05, 0) is 36.8 Å². The van der Waals surface area contributed by atoms with E-state index in [2.05, 4.69) is 16.0 Å². The van der Waals surface area contributed by atoms with Crippen molar-refractivity contribution in [1.82, 2.24) is 5.32 Å². The maximum absolute atomic E-state index is 12.1. The van der Waals surface area contributed by atoms with Gasteiger partial charge in [-0.1, -0.05) is 29.8 Å². The van der Waals surface area contributed by atoms with E-state index in [0.29, 0.717) is 11.4 Å². The summed E-state index contributed by atoms with van der Waals surface area (Å²) in [5.74, 6) is -1.82. The first-order valence-corrected chi connectivity index (χ1v) is 9.15. The van der Waals surface area contributed by atoms with Crippen molar-refractivity contribution in [3.8, 4) is 0 Å². The lowest BCUT2D eigenvalue weighted by Crippen LogP contribution is -2.38. The molecule has 2 rings (SSSR count). The maximum atomic E-state index is 12.1. The Morgan fingerprint density at radius 3 is 2.07 bits per heavy atom. The quantitative estimate of drug-likeness (QED) is 0.505. The summed E-state index contributed by atoms with van der Waals surface area (Å²) < 4.78 is 5.58. The Morgan fingerprint density at radius 2 is 1.52 bits per heavy atom. The fraction of sp³-hybridized carbons (Fsp3) is 0.286. The predicted molar refractivity (Wildman–Crippen MR) is 109 cm³/mol. The van der Waals surface area contributed by atoms with Crippen LogP contribution in [0.5, 0.6) is 0 Å². The third kappa shape index (κ3) is 7.36. The molecule has 4 N–H and O–H groups in total. The Labute approximate surface area is 169 Å². The molecular formula is C21H25N3O5. The lowest BCUT2D eigenvalue weighted by Gasteiger charge is -2.18. The molecule has 0 radical (unpaired) electrons. The molecule has 0 spiro atoms. The van der Waals surface area contributed by atoms with Crippen molar-refractivity contribution in [3.05, 3.63) is 59.7 Å². The first-order chi connectivity index (χ1) is 13.9. The van der Waals surface area contributed by atoms with Gasteiger partial charge in [-0.15, -0.1) is 0 Å². The number of aryl methyl sites for hydroxylation is 1. The van der Waals surface area contributed by atoms with Crippen molar-refractivity contribution < 1.29 is 24.2 Å². The molecule has 0 heterocycles. The van der Waals surface area contributed by atoms with Crippen LogP contribution in [-0.4, -0.2) is 42.6 Å². The van der Waals surface area contributed by atoms with Gasteiger partial charge in [0.15, 0.2) is 0 Å². The zero-order chi connectivity index (χ0) is 21.2. The molecule has 0 aromatic heterocycles. The average molecular weight is 399 g/mol. The first kappa shape index (κ1) is 22.1. The SMILES string of the molecule is CC(=O)Nc1ccc(NC(=O)C(=O)NCC(OCCO)c2ccc(C)cc2)cc1. The number of hydrogen-bond donors (Lipinski definition) is 4. The zero-order valence-corrected chi connectivity index (χ0v) is 16.4. The topological polar surface area (TPSA) is 117 Å². The summed E-state index contributed by atoms with van der Waals surface area (Å²) in [6.07, 6.45) is -0.489. The van der Waals surface area contributed by atoms with E-state index in [-0.39, 0.29) is 25.7 Å². The van der Waals surface area contributed by atoms with Crippen molar-refractivity contribution in [2.24, 2.45) is 0 Å². The number of aliphatic hydroxyl groups excluding tert-OH is 1. The van der Waals surface area contributed by atoms with E-state index >= 15 is 0 Å². The van der Waals surface area contributed by atoms with E-state index in [1.807, 2.05) is 31.2 Å².